The minimum Gasteiger partial charge on any atom is -0.487 e. The maximum Gasteiger partial charge on any atom is 0.255 e. The van der Waals surface area contributed by atoms with Crippen LogP contribution in [0.15, 0.2) is 36.4 Å². The molecule has 172 valence electrons. The smallest absolute Gasteiger partial charge is 0.255 e. The van der Waals surface area contributed by atoms with E-state index in [-0.39, 0.29) is 29.9 Å². The number of hydrogen-bond donors (Lipinski definition) is 3. The Morgan fingerprint density at radius 3 is 2.79 bits per heavy atom. The maximum atomic E-state index is 12.9. The summed E-state index contributed by atoms with van der Waals surface area (Å²) in [5, 5.41) is 5.97. The second kappa shape index (κ2) is 7.88. The van der Waals surface area contributed by atoms with Gasteiger partial charge >= 0.3 is 0 Å². The summed E-state index contributed by atoms with van der Waals surface area (Å²) in [6, 6.07) is 11.0. The van der Waals surface area contributed by atoms with Crippen molar-refractivity contribution in [3.8, 4) is 5.75 Å². The molecule has 3 heterocycles. The van der Waals surface area contributed by atoms with Crippen molar-refractivity contribution >= 4 is 23.4 Å². The number of nitrogens with two attached hydrogens (primary N) is 1. The number of imide groups is 1. The number of nitrogens with zero attached hydrogens (tertiary/aromatic N) is 1. The molecular weight excluding hydrogens is 420 g/mol. The molecule has 0 saturated carbocycles. The molecule has 33 heavy (non-hydrogen) atoms. The van der Waals surface area contributed by atoms with E-state index in [1.54, 1.807) is 4.90 Å². The molecule has 1 fully saturated rings. The normalized spacial score (nSPS) is 23.6. The van der Waals surface area contributed by atoms with E-state index in [1.165, 1.54) is 0 Å². The lowest BCUT2D eigenvalue weighted by atomic mass is 9.89. The van der Waals surface area contributed by atoms with Gasteiger partial charge in [-0.1, -0.05) is 12.1 Å². The monoisotopic (exact) mass is 448 g/mol. The highest BCUT2D eigenvalue weighted by atomic mass is 16.5. The van der Waals surface area contributed by atoms with E-state index in [0.717, 1.165) is 28.9 Å². The van der Waals surface area contributed by atoms with Crippen molar-refractivity contribution in [3.63, 3.8) is 0 Å². The van der Waals surface area contributed by atoms with Crippen LogP contribution in [0.3, 0.4) is 0 Å². The SMILES string of the molecule is CC1(C)CC(NCc2ccc3c(c2)CN(C2CCC(=O)NC2=O)C3=O)c2cc(N)ccc2O1. The number of hydrogen-bond acceptors (Lipinski definition) is 6. The van der Waals surface area contributed by atoms with Crippen LogP contribution in [0.5, 0.6) is 5.75 Å². The van der Waals surface area contributed by atoms with E-state index in [9.17, 15) is 14.4 Å². The van der Waals surface area contributed by atoms with Crippen molar-refractivity contribution < 1.29 is 19.1 Å². The molecule has 0 bridgehead atoms. The van der Waals surface area contributed by atoms with Crippen molar-refractivity contribution in [3.05, 3.63) is 58.7 Å². The highest BCUT2D eigenvalue weighted by Crippen LogP contribution is 2.40. The first-order valence-corrected chi connectivity index (χ1v) is 11.3. The summed E-state index contributed by atoms with van der Waals surface area (Å²) in [6.07, 6.45) is 1.41. The minimum atomic E-state index is -0.601. The van der Waals surface area contributed by atoms with E-state index in [0.29, 0.717) is 30.8 Å². The van der Waals surface area contributed by atoms with Gasteiger partial charge < -0.3 is 20.7 Å². The summed E-state index contributed by atoms with van der Waals surface area (Å²) in [5.74, 6) is 0.00901. The molecule has 3 amide bonds. The van der Waals surface area contributed by atoms with Gasteiger partial charge in [-0.2, -0.15) is 0 Å². The third kappa shape index (κ3) is 4.06. The standard InChI is InChI=1S/C25H28N4O4/c1-25(2)11-19(18-10-16(26)4-7-21(18)33-25)27-12-14-3-5-17-15(9-14)13-29(24(17)32)20-6-8-22(30)28-23(20)31/h3-5,7,9-10,19-20,27H,6,8,11-13,26H2,1-2H3,(H,28,30,31). The number of anilines is 1. The Balaban J connectivity index is 1.31. The Bertz CT molecular complexity index is 1160. The van der Waals surface area contributed by atoms with Crippen LogP contribution >= 0.6 is 0 Å². The number of fused-ring (bicyclic) bond motifs is 2. The van der Waals surface area contributed by atoms with Gasteiger partial charge in [0, 0.05) is 48.8 Å². The number of ether oxygens (including phenoxy) is 1. The highest BCUT2D eigenvalue weighted by molar-refractivity contribution is 6.05. The molecule has 0 aliphatic carbocycles. The van der Waals surface area contributed by atoms with Gasteiger partial charge in [0.2, 0.25) is 11.8 Å². The first kappa shape index (κ1) is 21.5. The fraction of sp³-hybridized carbons (Fsp3) is 0.400. The van der Waals surface area contributed by atoms with Gasteiger partial charge in [0.1, 0.15) is 17.4 Å². The van der Waals surface area contributed by atoms with E-state index >= 15 is 0 Å². The predicted octanol–water partition coefficient (Wildman–Crippen LogP) is 2.42. The number of benzene rings is 2. The summed E-state index contributed by atoms with van der Waals surface area (Å²) >= 11 is 0. The molecule has 2 aromatic rings. The number of piperidine rings is 1. The van der Waals surface area contributed by atoms with E-state index in [2.05, 4.69) is 24.5 Å². The third-order valence-electron chi connectivity index (χ3n) is 6.63. The number of rotatable bonds is 4. The van der Waals surface area contributed by atoms with Crippen LogP contribution in [0, 0.1) is 0 Å². The van der Waals surface area contributed by atoms with Crippen molar-refractivity contribution in [2.24, 2.45) is 0 Å². The molecule has 0 aromatic heterocycles. The molecule has 5 rings (SSSR count). The molecule has 2 atom stereocenters. The Kier molecular flexibility index (Phi) is 5.12. The Hall–Kier alpha value is -3.39. The molecule has 2 unspecified atom stereocenters. The number of carbonyl (C=O) groups excluding carboxylic acids is 3. The predicted molar refractivity (Wildman–Crippen MR) is 122 cm³/mol. The fourth-order valence-electron chi connectivity index (χ4n) is 5.03. The molecule has 0 radical (unpaired) electrons. The van der Waals surface area contributed by atoms with Gasteiger partial charge in [0.25, 0.3) is 5.91 Å². The molecule has 8 heteroatoms. The van der Waals surface area contributed by atoms with Crippen LogP contribution in [-0.4, -0.2) is 34.3 Å². The Labute approximate surface area is 192 Å². The van der Waals surface area contributed by atoms with Crippen molar-refractivity contribution in [2.45, 2.75) is 63.9 Å². The number of nitrogens with one attached hydrogen (secondary N) is 2. The lowest BCUT2D eigenvalue weighted by Crippen LogP contribution is -2.52. The quantitative estimate of drug-likeness (QED) is 0.489. The van der Waals surface area contributed by atoms with Gasteiger partial charge in [-0.25, -0.2) is 0 Å². The summed E-state index contributed by atoms with van der Waals surface area (Å²) in [4.78, 5) is 38.2. The van der Waals surface area contributed by atoms with Gasteiger partial charge in [-0.05, 0) is 55.7 Å². The largest absolute Gasteiger partial charge is 0.487 e. The first-order valence-electron chi connectivity index (χ1n) is 11.3. The summed E-state index contributed by atoms with van der Waals surface area (Å²) < 4.78 is 6.12. The Morgan fingerprint density at radius 2 is 2.00 bits per heavy atom. The second-order valence-corrected chi connectivity index (χ2v) is 9.69. The fourth-order valence-corrected chi connectivity index (χ4v) is 5.03. The van der Waals surface area contributed by atoms with E-state index < -0.39 is 11.9 Å². The summed E-state index contributed by atoms with van der Waals surface area (Å²) in [6.45, 7) is 5.14. The lowest BCUT2D eigenvalue weighted by Gasteiger charge is -2.38. The van der Waals surface area contributed by atoms with Gasteiger partial charge in [0.05, 0.1) is 0 Å². The van der Waals surface area contributed by atoms with Crippen molar-refractivity contribution in [1.82, 2.24) is 15.5 Å². The van der Waals surface area contributed by atoms with Crippen LogP contribution in [-0.2, 0) is 22.7 Å². The maximum absolute atomic E-state index is 12.9. The average molecular weight is 449 g/mol. The van der Waals surface area contributed by atoms with Crippen LogP contribution in [0.1, 0.15) is 66.2 Å². The molecule has 3 aliphatic rings. The zero-order chi connectivity index (χ0) is 23.3. The van der Waals surface area contributed by atoms with E-state index in [1.807, 2.05) is 36.4 Å². The molecule has 8 nitrogen and oxygen atoms in total. The molecule has 4 N–H and O–H groups in total. The average Bonchev–Trinajstić information content (AvgIpc) is 3.07. The number of nitrogen functional groups attached to an aromatic ring is 1. The summed E-state index contributed by atoms with van der Waals surface area (Å²) in [5.41, 5.74) is 10.1. The van der Waals surface area contributed by atoms with Gasteiger partial charge in [-0.3, -0.25) is 19.7 Å². The topological polar surface area (TPSA) is 114 Å². The summed E-state index contributed by atoms with van der Waals surface area (Å²) in [7, 11) is 0. The van der Waals surface area contributed by atoms with Crippen molar-refractivity contribution in [1.29, 1.82) is 0 Å². The zero-order valence-electron chi connectivity index (χ0n) is 18.8. The molecule has 2 aromatic carbocycles. The van der Waals surface area contributed by atoms with E-state index in [4.69, 9.17) is 10.5 Å². The highest BCUT2D eigenvalue weighted by Gasteiger charge is 2.39. The minimum absolute atomic E-state index is 0.0853. The van der Waals surface area contributed by atoms with Crippen LogP contribution in [0.25, 0.3) is 0 Å². The van der Waals surface area contributed by atoms with Crippen LogP contribution < -0.4 is 21.1 Å². The number of amides is 3. The molecule has 1 saturated heterocycles. The molecule has 0 spiro atoms. The van der Waals surface area contributed by atoms with Crippen LogP contribution in [0.2, 0.25) is 0 Å². The molecular formula is C25H28N4O4. The zero-order valence-corrected chi connectivity index (χ0v) is 18.8. The molecule has 3 aliphatic heterocycles. The van der Waals surface area contributed by atoms with Crippen LogP contribution in [0.4, 0.5) is 5.69 Å². The van der Waals surface area contributed by atoms with Gasteiger partial charge in [-0.15, -0.1) is 0 Å². The lowest BCUT2D eigenvalue weighted by molar-refractivity contribution is -0.136. The van der Waals surface area contributed by atoms with Crippen molar-refractivity contribution in [2.75, 3.05) is 5.73 Å². The third-order valence-corrected chi connectivity index (χ3v) is 6.63. The Morgan fingerprint density at radius 1 is 1.18 bits per heavy atom. The van der Waals surface area contributed by atoms with Gasteiger partial charge in [0.15, 0.2) is 0 Å². The second-order valence-electron chi connectivity index (χ2n) is 9.69. The first-order chi connectivity index (χ1) is 15.7. The number of carbonyl (C=O) groups is 3.